The van der Waals surface area contributed by atoms with Crippen molar-refractivity contribution in [1.29, 1.82) is 0 Å². The Balaban J connectivity index is 2.17. The van der Waals surface area contributed by atoms with E-state index in [9.17, 15) is 5.11 Å². The van der Waals surface area contributed by atoms with E-state index in [1.807, 2.05) is 13.8 Å². The number of ether oxygens (including phenoxy) is 1. The van der Waals surface area contributed by atoms with Gasteiger partial charge in [0.25, 0.3) is 0 Å². The first kappa shape index (κ1) is 9.75. The molecular formula is C10H18O2. The van der Waals surface area contributed by atoms with E-state index in [1.54, 1.807) is 0 Å². The van der Waals surface area contributed by atoms with Crippen LogP contribution in [0.4, 0.5) is 0 Å². The molecule has 0 radical (unpaired) electrons. The van der Waals surface area contributed by atoms with Crippen molar-refractivity contribution in [2.75, 3.05) is 6.61 Å². The molecule has 0 aromatic carbocycles. The molecule has 0 heterocycles. The quantitative estimate of drug-likeness (QED) is 0.637. The smallest absolute Gasteiger partial charge is 0.0805 e. The van der Waals surface area contributed by atoms with Gasteiger partial charge in [-0.05, 0) is 32.6 Å². The van der Waals surface area contributed by atoms with Gasteiger partial charge in [-0.3, -0.25) is 0 Å². The topological polar surface area (TPSA) is 29.5 Å². The lowest BCUT2D eigenvalue weighted by Gasteiger charge is -2.24. The predicted molar refractivity (Wildman–Crippen MR) is 49.0 cm³/mol. The molecule has 3 atom stereocenters. The lowest BCUT2D eigenvalue weighted by Crippen LogP contribution is -2.28. The number of allylic oxidation sites excluding steroid dienone is 2. The van der Waals surface area contributed by atoms with Crippen LogP contribution >= 0.6 is 0 Å². The van der Waals surface area contributed by atoms with Gasteiger partial charge in [-0.2, -0.15) is 0 Å². The molecule has 0 aromatic heterocycles. The number of aliphatic hydroxyl groups excluding tert-OH is 1. The normalized spacial score (nSPS) is 26.4. The van der Waals surface area contributed by atoms with Gasteiger partial charge in [0.05, 0.1) is 12.2 Å². The van der Waals surface area contributed by atoms with E-state index >= 15 is 0 Å². The average molecular weight is 170 g/mol. The maximum atomic E-state index is 9.63. The predicted octanol–water partition coefficient (Wildman–Crippen LogP) is 1.74. The summed E-state index contributed by atoms with van der Waals surface area (Å²) in [6.45, 7) is 4.56. The Kier molecular flexibility index (Phi) is 3.76. The van der Waals surface area contributed by atoms with Gasteiger partial charge >= 0.3 is 0 Å². The molecule has 0 aliphatic heterocycles. The Morgan fingerprint density at radius 3 is 2.75 bits per heavy atom. The molecule has 0 spiro atoms. The average Bonchev–Trinajstić information content (AvgIpc) is 1.97. The summed E-state index contributed by atoms with van der Waals surface area (Å²) in [6.07, 6.45) is 5.93. The van der Waals surface area contributed by atoms with E-state index in [4.69, 9.17) is 4.74 Å². The van der Waals surface area contributed by atoms with Crippen LogP contribution in [0.5, 0.6) is 0 Å². The maximum Gasteiger partial charge on any atom is 0.0805 e. The zero-order chi connectivity index (χ0) is 8.97. The summed E-state index contributed by atoms with van der Waals surface area (Å²) < 4.78 is 5.30. The van der Waals surface area contributed by atoms with Crippen LogP contribution in [0.15, 0.2) is 12.2 Å². The second-order valence-electron chi connectivity index (χ2n) is 3.39. The van der Waals surface area contributed by atoms with Crippen molar-refractivity contribution in [2.24, 2.45) is 5.92 Å². The van der Waals surface area contributed by atoms with Gasteiger partial charge in [-0.25, -0.2) is 0 Å². The van der Waals surface area contributed by atoms with Crippen LogP contribution in [-0.2, 0) is 4.74 Å². The highest BCUT2D eigenvalue weighted by Crippen LogP contribution is 2.23. The number of rotatable bonds is 5. The third-order valence-electron chi connectivity index (χ3n) is 2.36. The van der Waals surface area contributed by atoms with Gasteiger partial charge in [0, 0.05) is 6.61 Å². The molecular weight excluding hydrogens is 152 g/mol. The third kappa shape index (κ3) is 2.61. The summed E-state index contributed by atoms with van der Waals surface area (Å²) in [5.41, 5.74) is 0. The highest BCUT2D eigenvalue weighted by Gasteiger charge is 2.20. The Morgan fingerprint density at radius 1 is 1.67 bits per heavy atom. The van der Waals surface area contributed by atoms with Crippen LogP contribution in [0.25, 0.3) is 0 Å². The zero-order valence-corrected chi connectivity index (χ0v) is 7.86. The Labute approximate surface area is 74.2 Å². The largest absolute Gasteiger partial charge is 0.390 e. The fraction of sp³-hybridized carbons (Fsp3) is 0.800. The van der Waals surface area contributed by atoms with Crippen molar-refractivity contribution in [3.05, 3.63) is 12.2 Å². The maximum absolute atomic E-state index is 9.63. The van der Waals surface area contributed by atoms with Gasteiger partial charge in [0.1, 0.15) is 0 Å². The van der Waals surface area contributed by atoms with Crippen LogP contribution in [0, 0.1) is 5.92 Å². The van der Waals surface area contributed by atoms with Gasteiger partial charge < -0.3 is 9.84 Å². The van der Waals surface area contributed by atoms with Crippen LogP contribution in [-0.4, -0.2) is 23.9 Å². The van der Waals surface area contributed by atoms with E-state index in [0.717, 1.165) is 12.8 Å². The first-order chi connectivity index (χ1) is 5.74. The highest BCUT2D eigenvalue weighted by molar-refractivity contribution is 5.02. The number of hydrogen-bond donors (Lipinski definition) is 1. The van der Waals surface area contributed by atoms with Crippen LogP contribution < -0.4 is 0 Å². The molecule has 0 saturated heterocycles. The second kappa shape index (κ2) is 4.63. The Bertz CT molecular complexity index is 154. The Hall–Kier alpha value is -0.340. The molecule has 1 N–H and O–H groups in total. The van der Waals surface area contributed by atoms with E-state index in [0.29, 0.717) is 12.5 Å². The molecule has 1 aliphatic carbocycles. The number of aliphatic hydroxyl groups is 1. The van der Waals surface area contributed by atoms with Crippen molar-refractivity contribution in [3.8, 4) is 0 Å². The Morgan fingerprint density at radius 2 is 2.33 bits per heavy atom. The van der Waals surface area contributed by atoms with Crippen LogP contribution in [0.1, 0.15) is 26.7 Å². The first-order valence-electron chi connectivity index (χ1n) is 4.70. The summed E-state index contributed by atoms with van der Waals surface area (Å²) in [4.78, 5) is 0. The van der Waals surface area contributed by atoms with Crippen molar-refractivity contribution in [1.82, 2.24) is 0 Å². The molecule has 2 nitrogen and oxygen atoms in total. The molecule has 1 rings (SSSR count). The lowest BCUT2D eigenvalue weighted by molar-refractivity contribution is -0.0296. The minimum Gasteiger partial charge on any atom is -0.390 e. The zero-order valence-electron chi connectivity index (χ0n) is 7.86. The fourth-order valence-electron chi connectivity index (χ4n) is 1.38. The van der Waals surface area contributed by atoms with E-state index < -0.39 is 0 Å². The lowest BCUT2D eigenvalue weighted by atomic mass is 9.88. The van der Waals surface area contributed by atoms with Crippen molar-refractivity contribution in [2.45, 2.75) is 38.9 Å². The highest BCUT2D eigenvalue weighted by atomic mass is 16.5. The molecule has 0 saturated carbocycles. The van der Waals surface area contributed by atoms with E-state index in [1.165, 1.54) is 0 Å². The summed E-state index contributed by atoms with van der Waals surface area (Å²) in [7, 11) is 0. The number of hydrogen-bond acceptors (Lipinski definition) is 2. The van der Waals surface area contributed by atoms with Crippen LogP contribution in [0.3, 0.4) is 0 Å². The van der Waals surface area contributed by atoms with Crippen molar-refractivity contribution < 1.29 is 9.84 Å². The third-order valence-corrected chi connectivity index (χ3v) is 2.36. The van der Waals surface area contributed by atoms with Gasteiger partial charge in [0.15, 0.2) is 0 Å². The molecule has 0 bridgehead atoms. The van der Waals surface area contributed by atoms with Gasteiger partial charge in [0.2, 0.25) is 0 Å². The first-order valence-corrected chi connectivity index (χ1v) is 4.70. The van der Waals surface area contributed by atoms with E-state index in [-0.39, 0.29) is 12.2 Å². The molecule has 1 aliphatic rings. The summed E-state index contributed by atoms with van der Waals surface area (Å²) >= 11 is 0. The van der Waals surface area contributed by atoms with E-state index in [2.05, 4.69) is 12.2 Å². The second-order valence-corrected chi connectivity index (χ2v) is 3.39. The monoisotopic (exact) mass is 170 g/mol. The van der Waals surface area contributed by atoms with Crippen molar-refractivity contribution in [3.63, 3.8) is 0 Å². The molecule has 2 heteroatoms. The van der Waals surface area contributed by atoms with Crippen molar-refractivity contribution >= 4 is 0 Å². The molecule has 3 unspecified atom stereocenters. The standard InChI is InChI=1S/C10H18O2/c1-3-12-8(2)10(11)7-9-5-4-6-9/h4-5,8-11H,3,6-7H2,1-2H3. The fourth-order valence-corrected chi connectivity index (χ4v) is 1.38. The molecule has 0 aromatic rings. The molecule has 12 heavy (non-hydrogen) atoms. The summed E-state index contributed by atoms with van der Waals surface area (Å²) in [6, 6.07) is 0. The minimum atomic E-state index is -0.306. The summed E-state index contributed by atoms with van der Waals surface area (Å²) in [5.74, 6) is 0.586. The summed E-state index contributed by atoms with van der Waals surface area (Å²) in [5, 5.41) is 9.63. The SMILES string of the molecule is CCOC(C)C(O)CC1C=CC1. The molecule has 0 fully saturated rings. The van der Waals surface area contributed by atoms with Crippen LogP contribution in [0.2, 0.25) is 0 Å². The van der Waals surface area contributed by atoms with Gasteiger partial charge in [-0.1, -0.05) is 12.2 Å². The van der Waals surface area contributed by atoms with Gasteiger partial charge in [-0.15, -0.1) is 0 Å². The molecule has 0 amide bonds. The molecule has 70 valence electrons. The minimum absolute atomic E-state index is 0.0241.